The van der Waals surface area contributed by atoms with Crippen LogP contribution in [0.15, 0.2) is 36.4 Å². The first-order valence-corrected chi connectivity index (χ1v) is 10.4. The molecule has 0 saturated carbocycles. The Hall–Kier alpha value is -2.80. The third kappa shape index (κ3) is 5.86. The van der Waals surface area contributed by atoms with Crippen LogP contribution >= 0.6 is 0 Å². The van der Waals surface area contributed by atoms with Gasteiger partial charge in [-0.05, 0) is 61.3 Å². The van der Waals surface area contributed by atoms with Gasteiger partial charge in [-0.1, -0.05) is 18.2 Å². The highest BCUT2D eigenvalue weighted by molar-refractivity contribution is 5.84. The van der Waals surface area contributed by atoms with Crippen molar-refractivity contribution in [2.45, 2.75) is 32.4 Å². The Balaban J connectivity index is 1.46. The van der Waals surface area contributed by atoms with Gasteiger partial charge in [0.05, 0.1) is 20.3 Å². The number of methoxy groups -OCH3 is 1. The quantitative estimate of drug-likeness (QED) is 0.756. The van der Waals surface area contributed by atoms with Crippen molar-refractivity contribution < 1.29 is 19.1 Å². The van der Waals surface area contributed by atoms with E-state index >= 15 is 0 Å². The van der Waals surface area contributed by atoms with Crippen LogP contribution in [0.1, 0.15) is 25.3 Å². The fraction of sp³-hybridized carbons (Fsp3) is 0.478. The average molecular weight is 414 g/mol. The molecule has 0 radical (unpaired) electrons. The van der Waals surface area contributed by atoms with Crippen molar-refractivity contribution in [2.24, 2.45) is 0 Å². The Labute approximate surface area is 177 Å². The highest BCUT2D eigenvalue weighted by atomic mass is 16.6. The summed E-state index contributed by atoms with van der Waals surface area (Å²) in [5, 5.41) is 5.38. The molecule has 2 aromatic rings. The number of hydrogen-bond donors (Lipinski definition) is 1. The topological polar surface area (TPSA) is 71.1 Å². The summed E-state index contributed by atoms with van der Waals surface area (Å²) in [6.07, 6.45) is 1.24. The molecule has 2 amide bonds. The molecule has 7 nitrogen and oxygen atoms in total. The van der Waals surface area contributed by atoms with E-state index in [1.807, 2.05) is 30.1 Å². The monoisotopic (exact) mass is 413 g/mol. The lowest BCUT2D eigenvalue weighted by atomic mass is 10.1. The molecule has 0 bridgehead atoms. The standard InChI is InChI=1S/C23H31N3O4/c1-4-30-23(28)26-11-9-20(10-12-26)24-22(27)16-25(2)15-17-5-6-19-14-21(29-3)8-7-18(19)13-17/h5-8,13-14,20H,4,9-12,15-16H2,1-3H3,(H,24,27). The van der Waals surface area contributed by atoms with Gasteiger partial charge in [0.15, 0.2) is 0 Å². The van der Waals surface area contributed by atoms with E-state index in [1.165, 1.54) is 0 Å². The number of carbonyl (C=O) groups is 2. The lowest BCUT2D eigenvalue weighted by molar-refractivity contribution is -0.123. The molecule has 1 aliphatic rings. The summed E-state index contributed by atoms with van der Waals surface area (Å²) in [5.74, 6) is 0.856. The molecule has 0 atom stereocenters. The Morgan fingerprint density at radius 2 is 1.83 bits per heavy atom. The maximum atomic E-state index is 12.4. The maximum absolute atomic E-state index is 12.4. The molecule has 3 rings (SSSR count). The maximum Gasteiger partial charge on any atom is 0.409 e. The van der Waals surface area contributed by atoms with Crippen LogP contribution in [0.3, 0.4) is 0 Å². The normalized spacial score (nSPS) is 14.7. The predicted molar refractivity (Wildman–Crippen MR) is 117 cm³/mol. The molecule has 0 aromatic heterocycles. The Bertz CT molecular complexity index is 878. The number of amides is 2. The van der Waals surface area contributed by atoms with Gasteiger partial charge in [0.1, 0.15) is 5.75 Å². The second-order valence-electron chi connectivity index (χ2n) is 7.75. The van der Waals surface area contributed by atoms with Crippen molar-refractivity contribution in [1.82, 2.24) is 15.1 Å². The van der Waals surface area contributed by atoms with E-state index in [-0.39, 0.29) is 18.0 Å². The lowest BCUT2D eigenvalue weighted by Crippen LogP contribution is -2.48. The molecule has 162 valence electrons. The first kappa shape index (κ1) is 21.9. The molecule has 1 heterocycles. The van der Waals surface area contributed by atoms with Crippen LogP contribution in [0.5, 0.6) is 5.75 Å². The largest absolute Gasteiger partial charge is 0.497 e. The van der Waals surface area contributed by atoms with Crippen LogP contribution in [0.2, 0.25) is 0 Å². The van der Waals surface area contributed by atoms with Gasteiger partial charge >= 0.3 is 6.09 Å². The van der Waals surface area contributed by atoms with Gasteiger partial charge in [-0.25, -0.2) is 4.79 Å². The van der Waals surface area contributed by atoms with Gasteiger partial charge in [-0.15, -0.1) is 0 Å². The molecule has 1 saturated heterocycles. The minimum Gasteiger partial charge on any atom is -0.497 e. The van der Waals surface area contributed by atoms with Crippen LogP contribution in [0, 0.1) is 0 Å². The predicted octanol–water partition coefficient (Wildman–Crippen LogP) is 3.02. The van der Waals surface area contributed by atoms with Crippen molar-refractivity contribution >= 4 is 22.8 Å². The summed E-state index contributed by atoms with van der Waals surface area (Å²) in [6.45, 7) is 4.43. The summed E-state index contributed by atoms with van der Waals surface area (Å²) in [5.41, 5.74) is 1.16. The lowest BCUT2D eigenvalue weighted by Gasteiger charge is -2.32. The van der Waals surface area contributed by atoms with E-state index in [2.05, 4.69) is 23.5 Å². The molecule has 2 aromatic carbocycles. The minimum atomic E-state index is -0.268. The van der Waals surface area contributed by atoms with E-state index in [0.29, 0.717) is 32.8 Å². The minimum absolute atomic E-state index is 0.0117. The molecule has 0 aliphatic carbocycles. The van der Waals surface area contributed by atoms with Crippen LogP contribution in [-0.4, -0.2) is 68.2 Å². The van der Waals surface area contributed by atoms with Crippen LogP contribution in [0.25, 0.3) is 10.8 Å². The van der Waals surface area contributed by atoms with Gasteiger partial charge < -0.3 is 19.7 Å². The van der Waals surface area contributed by atoms with Gasteiger partial charge in [0.25, 0.3) is 0 Å². The third-order valence-electron chi connectivity index (χ3n) is 5.36. The van der Waals surface area contributed by atoms with Crippen LogP contribution < -0.4 is 10.1 Å². The Morgan fingerprint density at radius 1 is 1.13 bits per heavy atom. The molecule has 7 heteroatoms. The fourth-order valence-electron chi connectivity index (χ4n) is 3.81. The number of ether oxygens (including phenoxy) is 2. The fourth-order valence-corrected chi connectivity index (χ4v) is 3.81. The number of benzene rings is 2. The SMILES string of the molecule is CCOC(=O)N1CCC(NC(=O)CN(C)Cc2ccc3cc(OC)ccc3c2)CC1. The number of hydrogen-bond acceptors (Lipinski definition) is 5. The summed E-state index contributed by atoms with van der Waals surface area (Å²) in [4.78, 5) is 27.9. The van der Waals surface area contributed by atoms with E-state index in [1.54, 1.807) is 18.9 Å². The number of fused-ring (bicyclic) bond motifs is 1. The summed E-state index contributed by atoms with van der Waals surface area (Å²) < 4.78 is 10.3. The number of likely N-dealkylation sites (tertiary alicyclic amines) is 1. The number of nitrogens with one attached hydrogen (secondary N) is 1. The van der Waals surface area contributed by atoms with Crippen LogP contribution in [-0.2, 0) is 16.1 Å². The number of carbonyl (C=O) groups excluding carboxylic acids is 2. The van der Waals surface area contributed by atoms with E-state index in [9.17, 15) is 9.59 Å². The molecule has 1 N–H and O–H groups in total. The number of rotatable bonds is 7. The highest BCUT2D eigenvalue weighted by Crippen LogP contribution is 2.22. The molecule has 0 unspecified atom stereocenters. The first-order valence-electron chi connectivity index (χ1n) is 10.4. The van der Waals surface area contributed by atoms with Crippen molar-refractivity contribution in [1.29, 1.82) is 0 Å². The van der Waals surface area contributed by atoms with Crippen molar-refractivity contribution in [3.63, 3.8) is 0 Å². The zero-order chi connectivity index (χ0) is 21.5. The summed E-state index contributed by atoms with van der Waals surface area (Å²) in [7, 11) is 3.61. The number of nitrogens with zero attached hydrogens (tertiary/aromatic N) is 2. The van der Waals surface area contributed by atoms with Gasteiger partial charge in [0.2, 0.25) is 5.91 Å². The second-order valence-corrected chi connectivity index (χ2v) is 7.75. The highest BCUT2D eigenvalue weighted by Gasteiger charge is 2.24. The molecular weight excluding hydrogens is 382 g/mol. The summed E-state index contributed by atoms with van der Waals surface area (Å²) >= 11 is 0. The molecule has 1 fully saturated rings. The van der Waals surface area contributed by atoms with Crippen molar-refractivity contribution in [2.75, 3.05) is 40.4 Å². The molecule has 30 heavy (non-hydrogen) atoms. The number of piperidine rings is 1. The third-order valence-corrected chi connectivity index (χ3v) is 5.36. The zero-order valence-corrected chi connectivity index (χ0v) is 18.0. The van der Waals surface area contributed by atoms with Crippen molar-refractivity contribution in [3.05, 3.63) is 42.0 Å². The molecule has 0 spiro atoms. The summed E-state index contributed by atoms with van der Waals surface area (Å²) in [6, 6.07) is 12.4. The average Bonchev–Trinajstić information content (AvgIpc) is 2.73. The second kappa shape index (κ2) is 10.3. The van der Waals surface area contributed by atoms with E-state index < -0.39 is 0 Å². The van der Waals surface area contributed by atoms with Gasteiger partial charge in [0, 0.05) is 25.7 Å². The van der Waals surface area contributed by atoms with E-state index in [4.69, 9.17) is 9.47 Å². The molecular formula is C23H31N3O4. The van der Waals surface area contributed by atoms with Gasteiger partial charge in [-0.2, -0.15) is 0 Å². The van der Waals surface area contributed by atoms with E-state index in [0.717, 1.165) is 34.9 Å². The Kier molecular flexibility index (Phi) is 7.52. The first-order chi connectivity index (χ1) is 14.5. The zero-order valence-electron chi connectivity index (χ0n) is 18.0. The van der Waals surface area contributed by atoms with Gasteiger partial charge in [-0.3, -0.25) is 9.69 Å². The van der Waals surface area contributed by atoms with Crippen molar-refractivity contribution in [3.8, 4) is 5.75 Å². The smallest absolute Gasteiger partial charge is 0.409 e. The molecule has 1 aliphatic heterocycles. The Morgan fingerprint density at radius 3 is 2.53 bits per heavy atom. The van der Waals surface area contributed by atoms with Crippen LogP contribution in [0.4, 0.5) is 4.79 Å². The number of likely N-dealkylation sites (N-methyl/N-ethyl adjacent to an activating group) is 1.